The summed E-state index contributed by atoms with van der Waals surface area (Å²) < 4.78 is 5.46. The largest absolute Gasteiger partial charge is 0.481 e. The van der Waals surface area contributed by atoms with Crippen LogP contribution in [0.1, 0.15) is 31.1 Å². The quantitative estimate of drug-likeness (QED) is 0.766. The van der Waals surface area contributed by atoms with E-state index in [0.29, 0.717) is 12.4 Å². The van der Waals surface area contributed by atoms with E-state index < -0.39 is 6.10 Å². The Balaban J connectivity index is 2.89. The Hall–Kier alpha value is -1.46. The highest BCUT2D eigenvalue weighted by molar-refractivity contribution is 5.38. The number of benzene rings is 1. The maximum atomic E-state index is 9.57. The van der Waals surface area contributed by atoms with E-state index in [1.807, 2.05) is 25.1 Å². The molecule has 1 aromatic rings. The first kappa shape index (κ1) is 11.6. The summed E-state index contributed by atoms with van der Waals surface area (Å²) in [5.41, 5.74) is 1.92. The van der Waals surface area contributed by atoms with Gasteiger partial charge >= 0.3 is 0 Å². The third-order valence-corrected chi connectivity index (χ3v) is 2.09. The van der Waals surface area contributed by atoms with Crippen LogP contribution in [0.25, 0.3) is 0 Å². The molecule has 0 radical (unpaired) electrons. The van der Waals surface area contributed by atoms with Crippen molar-refractivity contribution in [2.75, 3.05) is 6.61 Å². The number of aliphatic hydroxyl groups excluding tert-OH is 1. The highest BCUT2D eigenvalue weighted by Gasteiger charge is 2.08. The summed E-state index contributed by atoms with van der Waals surface area (Å²) in [6.07, 6.45) is -0.519. The van der Waals surface area contributed by atoms with Crippen molar-refractivity contribution in [1.82, 2.24) is 0 Å². The van der Waals surface area contributed by atoms with Crippen LogP contribution in [0.3, 0.4) is 0 Å². The Bertz CT molecular complexity index is 383. The van der Waals surface area contributed by atoms with E-state index in [2.05, 4.69) is 11.8 Å². The molecule has 2 heteroatoms. The second-order valence-electron chi connectivity index (χ2n) is 3.43. The van der Waals surface area contributed by atoms with Crippen LogP contribution in [0.15, 0.2) is 18.2 Å². The molecule has 0 amide bonds. The molecule has 0 spiro atoms. The zero-order chi connectivity index (χ0) is 11.3. The van der Waals surface area contributed by atoms with E-state index in [1.165, 1.54) is 0 Å². The Labute approximate surface area is 90.9 Å². The number of rotatable bonds is 3. The first-order chi connectivity index (χ1) is 7.15. The van der Waals surface area contributed by atoms with Crippen LogP contribution >= 0.6 is 0 Å². The molecule has 0 aliphatic rings. The summed E-state index contributed by atoms with van der Waals surface area (Å²) in [6.45, 7) is 5.85. The number of ether oxygens (including phenoxy) is 1. The van der Waals surface area contributed by atoms with Gasteiger partial charge in [-0.05, 0) is 32.9 Å². The number of aryl methyl sites for hydroxylation is 1. The van der Waals surface area contributed by atoms with Gasteiger partial charge in [0, 0.05) is 5.56 Å². The first-order valence-corrected chi connectivity index (χ1v) is 4.96. The highest BCUT2D eigenvalue weighted by atomic mass is 16.5. The van der Waals surface area contributed by atoms with Gasteiger partial charge in [-0.2, -0.15) is 0 Å². The molecule has 0 aliphatic heterocycles. The molecule has 0 bridgehead atoms. The molecule has 0 saturated heterocycles. The topological polar surface area (TPSA) is 29.5 Å². The summed E-state index contributed by atoms with van der Waals surface area (Å²) in [6, 6.07) is 5.76. The van der Waals surface area contributed by atoms with Crippen molar-refractivity contribution in [3.63, 3.8) is 0 Å². The zero-order valence-corrected chi connectivity index (χ0v) is 9.37. The molecule has 0 heterocycles. The average Bonchev–Trinajstić information content (AvgIpc) is 2.20. The van der Waals surface area contributed by atoms with Crippen molar-refractivity contribution in [2.45, 2.75) is 26.9 Å². The fraction of sp³-hybridized carbons (Fsp3) is 0.385. The summed E-state index contributed by atoms with van der Waals surface area (Å²) >= 11 is 0. The molecule has 1 rings (SSSR count). The van der Waals surface area contributed by atoms with Crippen molar-refractivity contribution < 1.29 is 9.84 Å². The van der Waals surface area contributed by atoms with Crippen molar-refractivity contribution in [3.8, 4) is 17.6 Å². The van der Waals surface area contributed by atoms with Crippen LogP contribution < -0.4 is 4.74 Å². The number of aliphatic hydroxyl groups is 1. The van der Waals surface area contributed by atoms with Gasteiger partial charge in [-0.25, -0.2) is 0 Å². The number of hydrogen-bond acceptors (Lipinski definition) is 2. The van der Waals surface area contributed by atoms with Crippen LogP contribution in [0.2, 0.25) is 0 Å². The molecular formula is C13H16O2. The summed E-state index contributed by atoms with van der Waals surface area (Å²) in [7, 11) is 0. The molecule has 1 N–H and O–H groups in total. The minimum absolute atomic E-state index is 0.360. The lowest BCUT2D eigenvalue weighted by Gasteiger charge is -2.12. The molecule has 0 fully saturated rings. The van der Waals surface area contributed by atoms with Gasteiger partial charge in [0.2, 0.25) is 0 Å². The minimum atomic E-state index is -0.519. The summed E-state index contributed by atoms with van der Waals surface area (Å²) in [5.74, 6) is 6.29. The van der Waals surface area contributed by atoms with Gasteiger partial charge in [0.05, 0.1) is 6.10 Å². The lowest BCUT2D eigenvalue weighted by molar-refractivity contribution is 0.193. The molecule has 1 atom stereocenters. The highest BCUT2D eigenvalue weighted by Crippen LogP contribution is 2.25. The van der Waals surface area contributed by atoms with Crippen LogP contribution in [0.5, 0.6) is 5.75 Å². The molecular weight excluding hydrogens is 188 g/mol. The molecule has 0 aliphatic carbocycles. The fourth-order valence-electron chi connectivity index (χ4n) is 1.31. The van der Waals surface area contributed by atoms with E-state index in [9.17, 15) is 5.11 Å². The van der Waals surface area contributed by atoms with Crippen molar-refractivity contribution in [3.05, 3.63) is 29.3 Å². The standard InChI is InChI=1S/C13H16O2/c1-4-5-8-15-13-7-6-10(2)9-12(13)11(3)14/h6-7,9,11,14H,8H2,1-3H3/t11-/m1/s1. The Kier molecular flexibility index (Phi) is 4.20. The monoisotopic (exact) mass is 204 g/mol. The summed E-state index contributed by atoms with van der Waals surface area (Å²) in [4.78, 5) is 0. The van der Waals surface area contributed by atoms with Gasteiger partial charge in [0.25, 0.3) is 0 Å². The van der Waals surface area contributed by atoms with Gasteiger partial charge in [0.1, 0.15) is 12.4 Å². The third-order valence-electron chi connectivity index (χ3n) is 2.09. The van der Waals surface area contributed by atoms with Gasteiger partial charge in [-0.15, -0.1) is 5.92 Å². The fourth-order valence-corrected chi connectivity index (χ4v) is 1.31. The maximum absolute atomic E-state index is 9.57. The van der Waals surface area contributed by atoms with Gasteiger partial charge in [-0.3, -0.25) is 0 Å². The van der Waals surface area contributed by atoms with E-state index in [-0.39, 0.29) is 0 Å². The summed E-state index contributed by atoms with van der Waals surface area (Å²) in [5, 5.41) is 9.57. The van der Waals surface area contributed by atoms with Crippen LogP contribution in [0.4, 0.5) is 0 Å². The lowest BCUT2D eigenvalue weighted by atomic mass is 10.1. The smallest absolute Gasteiger partial charge is 0.149 e. The molecule has 80 valence electrons. The predicted molar refractivity (Wildman–Crippen MR) is 60.8 cm³/mol. The Morgan fingerprint density at radius 2 is 2.20 bits per heavy atom. The zero-order valence-electron chi connectivity index (χ0n) is 9.37. The molecule has 2 nitrogen and oxygen atoms in total. The van der Waals surface area contributed by atoms with Gasteiger partial charge in [0.15, 0.2) is 0 Å². The lowest BCUT2D eigenvalue weighted by Crippen LogP contribution is -2.01. The SMILES string of the molecule is CC#CCOc1ccc(C)cc1[C@@H](C)O. The van der Waals surface area contributed by atoms with Crippen molar-refractivity contribution in [1.29, 1.82) is 0 Å². The van der Waals surface area contributed by atoms with Crippen LogP contribution in [-0.2, 0) is 0 Å². The second kappa shape index (κ2) is 5.43. The molecule has 0 unspecified atom stereocenters. The molecule has 0 aromatic heterocycles. The Morgan fingerprint density at radius 3 is 2.80 bits per heavy atom. The van der Waals surface area contributed by atoms with E-state index in [0.717, 1.165) is 11.1 Å². The van der Waals surface area contributed by atoms with Crippen molar-refractivity contribution >= 4 is 0 Å². The van der Waals surface area contributed by atoms with E-state index in [4.69, 9.17) is 4.74 Å². The Morgan fingerprint density at radius 1 is 1.47 bits per heavy atom. The molecule has 15 heavy (non-hydrogen) atoms. The van der Waals surface area contributed by atoms with Crippen LogP contribution in [-0.4, -0.2) is 11.7 Å². The van der Waals surface area contributed by atoms with Crippen molar-refractivity contribution in [2.24, 2.45) is 0 Å². The van der Waals surface area contributed by atoms with Gasteiger partial charge in [-0.1, -0.05) is 17.6 Å². The molecule has 0 saturated carbocycles. The normalized spacial score (nSPS) is 11.5. The minimum Gasteiger partial charge on any atom is -0.481 e. The van der Waals surface area contributed by atoms with Crippen LogP contribution in [0, 0.1) is 18.8 Å². The van der Waals surface area contributed by atoms with Gasteiger partial charge < -0.3 is 9.84 Å². The predicted octanol–water partition coefficient (Wildman–Crippen LogP) is 2.45. The first-order valence-electron chi connectivity index (χ1n) is 4.96. The molecule has 1 aromatic carbocycles. The van der Waals surface area contributed by atoms with E-state index in [1.54, 1.807) is 13.8 Å². The maximum Gasteiger partial charge on any atom is 0.149 e. The second-order valence-corrected chi connectivity index (χ2v) is 3.43. The number of hydrogen-bond donors (Lipinski definition) is 1. The third kappa shape index (κ3) is 3.30. The van der Waals surface area contributed by atoms with E-state index >= 15 is 0 Å². The average molecular weight is 204 g/mol.